The molecule has 0 spiro atoms. The van der Waals surface area contributed by atoms with Gasteiger partial charge in [-0.15, -0.1) is 0 Å². The molecular formula is C21H31N3O4. The Morgan fingerprint density at radius 3 is 2.14 bits per heavy atom. The predicted octanol–water partition coefficient (Wildman–Crippen LogP) is 2.63. The molecule has 0 aliphatic carbocycles. The Balaban J connectivity index is 2.40. The van der Waals surface area contributed by atoms with Crippen LogP contribution in [0.2, 0.25) is 0 Å². The van der Waals surface area contributed by atoms with Crippen molar-refractivity contribution in [3.63, 3.8) is 0 Å². The lowest BCUT2D eigenvalue weighted by atomic mass is 10.0. The normalized spacial score (nSPS) is 16.1. The molecule has 0 aromatic heterocycles. The molecule has 0 atom stereocenters. The second-order valence-corrected chi connectivity index (χ2v) is 9.69. The van der Waals surface area contributed by atoms with Crippen molar-refractivity contribution in [2.24, 2.45) is 0 Å². The molecule has 154 valence electrons. The van der Waals surface area contributed by atoms with E-state index in [4.69, 9.17) is 4.74 Å². The van der Waals surface area contributed by atoms with Crippen molar-refractivity contribution in [1.82, 2.24) is 10.6 Å². The molecule has 1 aromatic carbocycles. The van der Waals surface area contributed by atoms with Crippen LogP contribution in [0, 0.1) is 0 Å². The van der Waals surface area contributed by atoms with E-state index in [1.165, 1.54) is 4.90 Å². The van der Waals surface area contributed by atoms with Crippen LogP contribution in [0.4, 0.5) is 5.69 Å². The number of rotatable bonds is 3. The van der Waals surface area contributed by atoms with Crippen LogP contribution in [0.15, 0.2) is 18.2 Å². The second-order valence-electron chi connectivity index (χ2n) is 9.69. The van der Waals surface area contributed by atoms with E-state index in [1.54, 1.807) is 32.0 Å². The van der Waals surface area contributed by atoms with Gasteiger partial charge in [-0.2, -0.15) is 0 Å². The zero-order valence-corrected chi connectivity index (χ0v) is 18.0. The summed E-state index contributed by atoms with van der Waals surface area (Å²) >= 11 is 0. The number of amides is 3. The summed E-state index contributed by atoms with van der Waals surface area (Å²) in [4.78, 5) is 39.3. The minimum Gasteiger partial charge on any atom is -0.476 e. The van der Waals surface area contributed by atoms with Gasteiger partial charge >= 0.3 is 0 Å². The summed E-state index contributed by atoms with van der Waals surface area (Å²) in [6.45, 7) is 14.5. The molecule has 0 fully saturated rings. The minimum atomic E-state index is -1.11. The molecule has 2 rings (SSSR count). The second kappa shape index (κ2) is 7.11. The topological polar surface area (TPSA) is 87.7 Å². The zero-order valence-electron chi connectivity index (χ0n) is 18.0. The van der Waals surface area contributed by atoms with Gasteiger partial charge in [-0.25, -0.2) is 0 Å². The smallest absolute Gasteiger partial charge is 0.271 e. The Morgan fingerprint density at radius 2 is 1.61 bits per heavy atom. The molecule has 1 aliphatic heterocycles. The molecule has 2 N–H and O–H groups in total. The van der Waals surface area contributed by atoms with Gasteiger partial charge in [0.2, 0.25) is 5.91 Å². The summed E-state index contributed by atoms with van der Waals surface area (Å²) in [6.07, 6.45) is 0. The number of anilines is 1. The third-order valence-corrected chi connectivity index (χ3v) is 3.94. The van der Waals surface area contributed by atoms with Crippen molar-refractivity contribution >= 4 is 23.4 Å². The predicted molar refractivity (Wildman–Crippen MR) is 109 cm³/mol. The molecule has 7 nitrogen and oxygen atoms in total. The van der Waals surface area contributed by atoms with E-state index in [0.29, 0.717) is 17.0 Å². The van der Waals surface area contributed by atoms with Crippen molar-refractivity contribution in [2.45, 2.75) is 72.1 Å². The van der Waals surface area contributed by atoms with Crippen LogP contribution in [-0.2, 0) is 9.59 Å². The molecule has 3 amide bonds. The first-order valence-electron chi connectivity index (χ1n) is 9.38. The molecular weight excluding hydrogens is 358 g/mol. The Kier molecular flexibility index (Phi) is 5.52. The Labute approximate surface area is 166 Å². The van der Waals surface area contributed by atoms with E-state index in [2.05, 4.69) is 10.6 Å². The molecule has 0 bridgehead atoms. The zero-order chi connectivity index (χ0) is 21.5. The lowest BCUT2D eigenvalue weighted by Gasteiger charge is -2.39. The van der Waals surface area contributed by atoms with Crippen LogP contribution < -0.4 is 20.3 Å². The lowest BCUT2D eigenvalue weighted by Crippen LogP contribution is -2.56. The van der Waals surface area contributed by atoms with Gasteiger partial charge in [-0.05, 0) is 73.6 Å². The number of fused-ring (bicyclic) bond motifs is 1. The van der Waals surface area contributed by atoms with E-state index in [0.717, 1.165) is 0 Å². The van der Waals surface area contributed by atoms with Crippen molar-refractivity contribution in [2.75, 3.05) is 11.4 Å². The number of carbonyl (C=O) groups is 3. The van der Waals surface area contributed by atoms with Crippen LogP contribution in [0.5, 0.6) is 5.75 Å². The number of hydrogen-bond acceptors (Lipinski definition) is 4. The van der Waals surface area contributed by atoms with Gasteiger partial charge in [0.1, 0.15) is 12.3 Å². The molecule has 28 heavy (non-hydrogen) atoms. The summed E-state index contributed by atoms with van der Waals surface area (Å²) in [5.74, 6) is -0.418. The first-order chi connectivity index (χ1) is 12.6. The van der Waals surface area contributed by atoms with E-state index < -0.39 is 16.7 Å². The highest BCUT2D eigenvalue weighted by Crippen LogP contribution is 2.38. The lowest BCUT2D eigenvalue weighted by molar-refractivity contribution is -0.134. The first kappa shape index (κ1) is 21.7. The van der Waals surface area contributed by atoms with E-state index in [-0.39, 0.29) is 24.3 Å². The highest BCUT2D eigenvalue weighted by atomic mass is 16.5. The average molecular weight is 389 g/mol. The minimum absolute atomic E-state index is 0.153. The highest BCUT2D eigenvalue weighted by molar-refractivity contribution is 6.07. The van der Waals surface area contributed by atoms with Crippen molar-refractivity contribution in [1.29, 1.82) is 0 Å². The molecule has 1 heterocycles. The van der Waals surface area contributed by atoms with Gasteiger partial charge in [0.15, 0.2) is 5.60 Å². The molecule has 0 saturated carbocycles. The number of nitrogens with one attached hydrogen (secondary N) is 2. The number of carbonyl (C=O) groups excluding carboxylic acids is 3. The summed E-state index contributed by atoms with van der Waals surface area (Å²) in [7, 11) is 0. The number of ether oxygens (including phenoxy) is 1. The van der Waals surface area contributed by atoms with Gasteiger partial charge in [0, 0.05) is 16.6 Å². The van der Waals surface area contributed by atoms with Crippen molar-refractivity contribution in [3.05, 3.63) is 23.8 Å². The fourth-order valence-electron chi connectivity index (χ4n) is 2.88. The van der Waals surface area contributed by atoms with Gasteiger partial charge in [0.05, 0.1) is 5.69 Å². The van der Waals surface area contributed by atoms with Crippen LogP contribution >= 0.6 is 0 Å². The number of benzene rings is 1. The monoisotopic (exact) mass is 389 g/mol. The Bertz CT molecular complexity index is 801. The highest BCUT2D eigenvalue weighted by Gasteiger charge is 2.42. The van der Waals surface area contributed by atoms with Crippen LogP contribution in [0.1, 0.15) is 65.7 Å². The summed E-state index contributed by atoms with van der Waals surface area (Å²) in [6, 6.07) is 4.91. The van der Waals surface area contributed by atoms with Crippen molar-refractivity contribution in [3.8, 4) is 5.75 Å². The van der Waals surface area contributed by atoms with Gasteiger partial charge < -0.3 is 15.4 Å². The van der Waals surface area contributed by atoms with Gasteiger partial charge in [0.25, 0.3) is 11.8 Å². The van der Waals surface area contributed by atoms with Gasteiger partial charge in [-0.1, -0.05) is 0 Å². The molecule has 7 heteroatoms. The Hall–Kier alpha value is -2.57. The van der Waals surface area contributed by atoms with E-state index in [9.17, 15) is 14.4 Å². The average Bonchev–Trinajstić information content (AvgIpc) is 2.47. The third kappa shape index (κ3) is 5.24. The van der Waals surface area contributed by atoms with E-state index in [1.807, 2.05) is 41.5 Å². The number of hydrogen-bond donors (Lipinski definition) is 2. The first-order valence-corrected chi connectivity index (χ1v) is 9.38. The van der Waals surface area contributed by atoms with Crippen LogP contribution in [-0.4, -0.2) is 40.9 Å². The molecule has 1 aliphatic rings. The largest absolute Gasteiger partial charge is 0.476 e. The fourth-order valence-corrected chi connectivity index (χ4v) is 2.88. The quantitative estimate of drug-likeness (QED) is 0.832. The maximum Gasteiger partial charge on any atom is 0.271 e. The fraction of sp³-hybridized carbons (Fsp3) is 0.571. The van der Waals surface area contributed by atoms with E-state index >= 15 is 0 Å². The Morgan fingerprint density at radius 1 is 1.04 bits per heavy atom. The maximum atomic E-state index is 12.9. The van der Waals surface area contributed by atoms with Gasteiger partial charge in [-0.3, -0.25) is 19.3 Å². The number of nitrogens with zero attached hydrogens (tertiary/aromatic N) is 1. The van der Waals surface area contributed by atoms with Crippen molar-refractivity contribution < 1.29 is 19.1 Å². The summed E-state index contributed by atoms with van der Waals surface area (Å²) in [5, 5.41) is 5.75. The maximum absolute atomic E-state index is 12.9. The molecule has 0 unspecified atom stereocenters. The summed E-state index contributed by atoms with van der Waals surface area (Å²) in [5.41, 5.74) is -1.11. The molecule has 0 saturated heterocycles. The molecule has 0 radical (unpaired) electrons. The third-order valence-electron chi connectivity index (χ3n) is 3.94. The standard InChI is InChI=1S/C21H31N3O4/c1-19(2,3)22-16(25)12-24-14-11-13(17(26)23-20(4,5)6)9-10-15(14)28-21(7,8)18(24)27/h9-11H,12H2,1-8H3,(H,22,25)(H,23,26). The summed E-state index contributed by atoms with van der Waals surface area (Å²) < 4.78 is 5.83. The molecule has 1 aromatic rings. The van der Waals surface area contributed by atoms with Crippen LogP contribution in [0.25, 0.3) is 0 Å². The van der Waals surface area contributed by atoms with Crippen LogP contribution in [0.3, 0.4) is 0 Å². The SMILES string of the molecule is CC(C)(C)NC(=O)CN1C(=O)C(C)(C)Oc2ccc(C(=O)NC(C)(C)C)cc21.